The molecule has 0 bridgehead atoms. The molecule has 1 aromatic carbocycles. The smallest absolute Gasteiger partial charge is 0.191 e. The number of ether oxygens (including phenoxy) is 2. The molecule has 0 aromatic heterocycles. The van der Waals surface area contributed by atoms with Crippen molar-refractivity contribution in [3.05, 3.63) is 29.8 Å². The van der Waals surface area contributed by atoms with E-state index >= 15 is 0 Å². The normalized spacial score (nSPS) is 12.9. The largest absolute Gasteiger partial charge is 0.489 e. The number of rotatable bonds is 8. The fourth-order valence-electron chi connectivity index (χ4n) is 1.74. The van der Waals surface area contributed by atoms with Crippen molar-refractivity contribution in [1.29, 1.82) is 0 Å². The molecule has 1 unspecified atom stereocenters. The van der Waals surface area contributed by atoms with Gasteiger partial charge < -0.3 is 20.1 Å². The van der Waals surface area contributed by atoms with Crippen LogP contribution in [-0.4, -0.2) is 45.4 Å². The number of aliphatic imine (C=N–C) groups is 1. The standard InChI is InChI=1S/C16H27N3O2/c1-5-20-11-10-18-16(17-4)19-12-14(3)21-15-8-6-13(2)7-9-15/h6-9,14H,5,10-12H2,1-4H3,(H2,17,18,19). The van der Waals surface area contributed by atoms with Gasteiger partial charge in [0, 0.05) is 20.2 Å². The van der Waals surface area contributed by atoms with Crippen LogP contribution in [0.4, 0.5) is 0 Å². The molecule has 0 saturated carbocycles. The van der Waals surface area contributed by atoms with Gasteiger partial charge in [-0.25, -0.2) is 0 Å². The van der Waals surface area contributed by atoms with Crippen LogP contribution in [0.5, 0.6) is 5.75 Å². The number of nitrogens with one attached hydrogen (secondary N) is 2. The van der Waals surface area contributed by atoms with Crippen molar-refractivity contribution in [2.45, 2.75) is 26.9 Å². The summed E-state index contributed by atoms with van der Waals surface area (Å²) in [5.41, 5.74) is 1.23. The second-order valence-corrected chi connectivity index (χ2v) is 4.82. The third-order valence-corrected chi connectivity index (χ3v) is 2.88. The Morgan fingerprint density at radius 1 is 1.24 bits per heavy atom. The van der Waals surface area contributed by atoms with Gasteiger partial charge >= 0.3 is 0 Å². The molecule has 1 aromatic rings. The van der Waals surface area contributed by atoms with Crippen LogP contribution < -0.4 is 15.4 Å². The molecule has 1 rings (SSSR count). The minimum absolute atomic E-state index is 0.0538. The molecular formula is C16H27N3O2. The molecule has 0 amide bonds. The number of hydrogen-bond donors (Lipinski definition) is 2. The second-order valence-electron chi connectivity index (χ2n) is 4.82. The van der Waals surface area contributed by atoms with E-state index in [1.807, 2.05) is 38.1 Å². The lowest BCUT2D eigenvalue weighted by Crippen LogP contribution is -2.42. The SMILES string of the molecule is CCOCCNC(=NC)NCC(C)Oc1ccc(C)cc1. The molecule has 0 fully saturated rings. The molecule has 21 heavy (non-hydrogen) atoms. The summed E-state index contributed by atoms with van der Waals surface area (Å²) in [5.74, 6) is 1.64. The Hall–Kier alpha value is -1.75. The highest BCUT2D eigenvalue weighted by Crippen LogP contribution is 2.12. The lowest BCUT2D eigenvalue weighted by atomic mass is 10.2. The van der Waals surface area contributed by atoms with E-state index in [9.17, 15) is 0 Å². The Bertz CT molecular complexity index is 418. The molecule has 0 aliphatic heterocycles. The maximum atomic E-state index is 5.84. The molecule has 2 N–H and O–H groups in total. The van der Waals surface area contributed by atoms with Crippen molar-refractivity contribution < 1.29 is 9.47 Å². The lowest BCUT2D eigenvalue weighted by molar-refractivity contribution is 0.152. The maximum Gasteiger partial charge on any atom is 0.191 e. The van der Waals surface area contributed by atoms with Crippen LogP contribution in [-0.2, 0) is 4.74 Å². The Balaban J connectivity index is 2.27. The van der Waals surface area contributed by atoms with Crippen LogP contribution in [0.1, 0.15) is 19.4 Å². The number of aryl methyl sites for hydroxylation is 1. The van der Waals surface area contributed by atoms with Crippen molar-refractivity contribution >= 4 is 5.96 Å². The van der Waals surface area contributed by atoms with Crippen LogP contribution in [0, 0.1) is 6.92 Å². The van der Waals surface area contributed by atoms with Gasteiger partial charge in [0.05, 0.1) is 13.2 Å². The fraction of sp³-hybridized carbons (Fsp3) is 0.562. The lowest BCUT2D eigenvalue weighted by Gasteiger charge is -2.17. The molecule has 1 atom stereocenters. The summed E-state index contributed by atoms with van der Waals surface area (Å²) in [6.07, 6.45) is 0.0538. The van der Waals surface area contributed by atoms with Crippen molar-refractivity contribution in [2.24, 2.45) is 4.99 Å². The highest BCUT2D eigenvalue weighted by atomic mass is 16.5. The topological polar surface area (TPSA) is 54.9 Å². The first-order valence-electron chi connectivity index (χ1n) is 7.41. The van der Waals surface area contributed by atoms with Crippen molar-refractivity contribution in [1.82, 2.24) is 10.6 Å². The third-order valence-electron chi connectivity index (χ3n) is 2.88. The van der Waals surface area contributed by atoms with E-state index in [2.05, 4.69) is 22.5 Å². The van der Waals surface area contributed by atoms with Crippen molar-refractivity contribution in [3.63, 3.8) is 0 Å². The highest BCUT2D eigenvalue weighted by molar-refractivity contribution is 5.79. The van der Waals surface area contributed by atoms with E-state index in [1.165, 1.54) is 5.56 Å². The van der Waals surface area contributed by atoms with Gasteiger partial charge in [-0.15, -0.1) is 0 Å². The average Bonchev–Trinajstić information content (AvgIpc) is 2.49. The van der Waals surface area contributed by atoms with Gasteiger partial charge in [0.1, 0.15) is 11.9 Å². The summed E-state index contributed by atoms with van der Waals surface area (Å²) >= 11 is 0. The molecule has 0 heterocycles. The highest BCUT2D eigenvalue weighted by Gasteiger charge is 2.05. The Morgan fingerprint density at radius 2 is 1.95 bits per heavy atom. The van der Waals surface area contributed by atoms with E-state index < -0.39 is 0 Å². The first kappa shape index (κ1) is 17.3. The summed E-state index contributed by atoms with van der Waals surface area (Å²) in [4.78, 5) is 4.16. The average molecular weight is 293 g/mol. The van der Waals surface area contributed by atoms with Crippen molar-refractivity contribution in [3.8, 4) is 5.75 Å². The van der Waals surface area contributed by atoms with E-state index in [4.69, 9.17) is 9.47 Å². The zero-order chi connectivity index (χ0) is 15.5. The molecule has 5 heteroatoms. The van der Waals surface area contributed by atoms with Crippen LogP contribution in [0.25, 0.3) is 0 Å². The molecule has 0 radical (unpaired) electrons. The summed E-state index contributed by atoms with van der Waals surface area (Å²) in [6, 6.07) is 8.06. The van der Waals surface area contributed by atoms with Gasteiger partial charge in [-0.1, -0.05) is 17.7 Å². The van der Waals surface area contributed by atoms with E-state index in [-0.39, 0.29) is 6.10 Å². The van der Waals surface area contributed by atoms with E-state index in [1.54, 1.807) is 7.05 Å². The van der Waals surface area contributed by atoms with Gasteiger partial charge in [-0.3, -0.25) is 4.99 Å². The molecule has 5 nitrogen and oxygen atoms in total. The minimum Gasteiger partial charge on any atom is -0.489 e. The first-order chi connectivity index (χ1) is 10.2. The number of guanidine groups is 1. The quantitative estimate of drug-likeness (QED) is 0.437. The number of nitrogens with zero attached hydrogens (tertiary/aromatic N) is 1. The molecule has 0 spiro atoms. The fourth-order valence-corrected chi connectivity index (χ4v) is 1.74. The molecule has 0 saturated heterocycles. The van der Waals surface area contributed by atoms with Gasteiger partial charge in [-0.2, -0.15) is 0 Å². The van der Waals surface area contributed by atoms with Gasteiger partial charge in [-0.05, 0) is 32.9 Å². The second kappa shape index (κ2) is 10.0. The monoisotopic (exact) mass is 293 g/mol. The third kappa shape index (κ3) is 7.56. The minimum atomic E-state index is 0.0538. The summed E-state index contributed by atoms with van der Waals surface area (Å²) in [7, 11) is 1.75. The predicted molar refractivity (Wildman–Crippen MR) is 87.1 cm³/mol. The van der Waals surface area contributed by atoms with Crippen LogP contribution in [0.3, 0.4) is 0 Å². The summed E-state index contributed by atoms with van der Waals surface area (Å²) in [5, 5.41) is 6.43. The summed E-state index contributed by atoms with van der Waals surface area (Å²) < 4.78 is 11.1. The Kier molecular flexibility index (Phi) is 8.28. The number of hydrogen-bond acceptors (Lipinski definition) is 3. The van der Waals surface area contributed by atoms with Crippen LogP contribution in [0.15, 0.2) is 29.3 Å². The van der Waals surface area contributed by atoms with E-state index in [0.717, 1.165) is 24.9 Å². The van der Waals surface area contributed by atoms with Gasteiger partial charge in [0.25, 0.3) is 0 Å². The molecule has 0 aliphatic carbocycles. The number of benzene rings is 1. The zero-order valence-electron chi connectivity index (χ0n) is 13.5. The van der Waals surface area contributed by atoms with Crippen molar-refractivity contribution in [2.75, 3.05) is 33.4 Å². The van der Waals surface area contributed by atoms with Gasteiger partial charge in [0.15, 0.2) is 5.96 Å². The predicted octanol–water partition coefficient (Wildman–Crippen LogP) is 1.96. The summed E-state index contributed by atoms with van der Waals surface area (Å²) in [6.45, 7) is 8.90. The zero-order valence-corrected chi connectivity index (χ0v) is 13.5. The van der Waals surface area contributed by atoms with Crippen LogP contribution in [0.2, 0.25) is 0 Å². The molecule has 0 aliphatic rings. The molecular weight excluding hydrogens is 266 g/mol. The van der Waals surface area contributed by atoms with Gasteiger partial charge in [0.2, 0.25) is 0 Å². The Morgan fingerprint density at radius 3 is 2.57 bits per heavy atom. The molecule has 118 valence electrons. The van der Waals surface area contributed by atoms with Crippen LogP contribution >= 0.6 is 0 Å². The maximum absolute atomic E-state index is 5.84. The Labute approximate surface area is 127 Å². The van der Waals surface area contributed by atoms with E-state index in [0.29, 0.717) is 13.2 Å². The first-order valence-corrected chi connectivity index (χ1v) is 7.41.